The highest BCUT2D eigenvalue weighted by Gasteiger charge is 2.27. The molecule has 13 heavy (non-hydrogen) atoms. The lowest BCUT2D eigenvalue weighted by atomic mass is 10.3. The lowest BCUT2D eigenvalue weighted by Crippen LogP contribution is -2.19. The fourth-order valence-electron chi connectivity index (χ4n) is 0.932. The molecule has 0 saturated carbocycles. The SMILES string of the molecule is C=C(C)C(=O)OC(C)C[P+](C)(C)Cl. The zero-order valence-corrected chi connectivity index (χ0v) is 10.3. The molecule has 1 atom stereocenters. The van der Waals surface area contributed by atoms with Crippen LogP contribution in [0.4, 0.5) is 0 Å². The predicted molar refractivity (Wildman–Crippen MR) is 59.9 cm³/mol. The van der Waals surface area contributed by atoms with Crippen LogP contribution in [-0.4, -0.2) is 31.6 Å². The Bertz CT molecular complexity index is 208. The van der Waals surface area contributed by atoms with Gasteiger partial charge in [-0.25, -0.2) is 4.79 Å². The van der Waals surface area contributed by atoms with Crippen molar-refractivity contribution < 1.29 is 9.53 Å². The predicted octanol–water partition coefficient (Wildman–Crippen LogP) is 2.93. The minimum Gasteiger partial charge on any atom is -0.455 e. The Hall–Kier alpha value is -0.0700. The van der Waals surface area contributed by atoms with Crippen molar-refractivity contribution in [1.82, 2.24) is 0 Å². The van der Waals surface area contributed by atoms with Gasteiger partial charge >= 0.3 is 5.97 Å². The third kappa shape index (κ3) is 7.04. The second-order valence-corrected chi connectivity index (χ2v) is 9.90. The second kappa shape index (κ2) is 4.97. The Morgan fingerprint density at radius 3 is 2.38 bits per heavy atom. The number of carbonyl (C=O) groups is 1. The Labute approximate surface area is 85.4 Å². The van der Waals surface area contributed by atoms with Crippen molar-refractivity contribution in [3.05, 3.63) is 12.2 Å². The van der Waals surface area contributed by atoms with Crippen LogP contribution in [0.15, 0.2) is 12.2 Å². The standard InChI is InChI=1S/C9H17ClO2P/c1-7(2)9(11)12-8(3)6-13(4,5)10/h8H,1,6H2,2-5H3/q+1. The largest absolute Gasteiger partial charge is 0.455 e. The summed E-state index contributed by atoms with van der Waals surface area (Å²) in [7, 11) is 0. The summed E-state index contributed by atoms with van der Waals surface area (Å²) in [4.78, 5) is 11.1. The molecular weight excluding hydrogens is 207 g/mol. The first-order valence-electron chi connectivity index (χ1n) is 4.11. The lowest BCUT2D eigenvalue weighted by molar-refractivity contribution is -0.142. The van der Waals surface area contributed by atoms with Gasteiger partial charge in [-0.1, -0.05) is 6.58 Å². The van der Waals surface area contributed by atoms with E-state index in [1.165, 1.54) is 0 Å². The summed E-state index contributed by atoms with van der Waals surface area (Å²) in [5, 5.41) is 0. The molecule has 0 heterocycles. The first kappa shape index (κ1) is 12.9. The van der Waals surface area contributed by atoms with Crippen LogP contribution >= 0.6 is 17.9 Å². The molecule has 0 saturated heterocycles. The molecule has 0 bridgehead atoms. The Morgan fingerprint density at radius 1 is 1.62 bits per heavy atom. The fraction of sp³-hybridized carbons (Fsp3) is 0.667. The molecule has 0 N–H and O–H groups in total. The highest BCUT2D eigenvalue weighted by molar-refractivity contribution is 7.97. The molecule has 0 aliphatic heterocycles. The van der Waals surface area contributed by atoms with Gasteiger partial charge in [0.25, 0.3) is 0 Å². The minimum atomic E-state index is -1.39. The van der Waals surface area contributed by atoms with Gasteiger partial charge in [0.05, 0.1) is 24.6 Å². The van der Waals surface area contributed by atoms with Gasteiger partial charge in [-0.05, 0) is 13.8 Å². The average Bonchev–Trinajstić information content (AvgIpc) is 1.81. The van der Waals surface area contributed by atoms with Crippen molar-refractivity contribution in [1.29, 1.82) is 0 Å². The summed E-state index contributed by atoms with van der Waals surface area (Å²) in [5.74, 6) is -0.336. The summed E-state index contributed by atoms with van der Waals surface area (Å²) in [6.45, 7) is 9.60. The molecule has 0 aromatic carbocycles. The van der Waals surface area contributed by atoms with Crippen LogP contribution in [0.5, 0.6) is 0 Å². The van der Waals surface area contributed by atoms with Gasteiger partial charge in [-0.3, -0.25) is 0 Å². The molecule has 0 fully saturated rings. The molecule has 0 radical (unpaired) electrons. The van der Waals surface area contributed by atoms with E-state index in [9.17, 15) is 4.79 Å². The summed E-state index contributed by atoms with van der Waals surface area (Å²) < 4.78 is 5.09. The van der Waals surface area contributed by atoms with Crippen LogP contribution < -0.4 is 0 Å². The van der Waals surface area contributed by atoms with Crippen LogP contribution in [0.3, 0.4) is 0 Å². The van der Waals surface area contributed by atoms with E-state index in [1.54, 1.807) is 6.92 Å². The maximum atomic E-state index is 11.1. The molecule has 0 aliphatic rings. The second-order valence-electron chi connectivity index (χ2n) is 3.72. The number of esters is 1. The van der Waals surface area contributed by atoms with Crippen LogP contribution in [0.2, 0.25) is 0 Å². The van der Waals surface area contributed by atoms with E-state index in [1.807, 2.05) is 20.3 Å². The quantitative estimate of drug-likeness (QED) is 0.416. The first-order chi connectivity index (χ1) is 5.72. The molecule has 2 nitrogen and oxygen atoms in total. The Kier molecular flexibility index (Phi) is 4.95. The average molecular weight is 224 g/mol. The van der Waals surface area contributed by atoms with Crippen molar-refractivity contribution >= 4 is 23.8 Å². The molecule has 1 unspecified atom stereocenters. The number of hydrogen-bond donors (Lipinski definition) is 0. The summed E-state index contributed by atoms with van der Waals surface area (Å²) in [6.07, 6.45) is 0.623. The maximum Gasteiger partial charge on any atom is 0.333 e. The van der Waals surface area contributed by atoms with E-state index in [0.717, 1.165) is 6.16 Å². The zero-order valence-electron chi connectivity index (χ0n) is 8.63. The molecule has 4 heteroatoms. The number of hydrogen-bond acceptors (Lipinski definition) is 2. The third-order valence-corrected chi connectivity index (χ3v) is 3.14. The van der Waals surface area contributed by atoms with E-state index < -0.39 is 6.62 Å². The van der Waals surface area contributed by atoms with Gasteiger partial charge in [-0.2, -0.15) is 0 Å². The van der Waals surface area contributed by atoms with Crippen molar-refractivity contribution in [3.8, 4) is 0 Å². The molecule has 0 spiro atoms. The highest BCUT2D eigenvalue weighted by atomic mass is 35.7. The molecule has 0 rings (SSSR count). The Balaban J connectivity index is 3.95. The topological polar surface area (TPSA) is 26.3 Å². The van der Waals surface area contributed by atoms with E-state index >= 15 is 0 Å². The molecular formula is C9H17ClO2P+. The molecule has 0 aromatic rings. The van der Waals surface area contributed by atoms with Crippen LogP contribution in [0, 0.1) is 0 Å². The molecule has 76 valence electrons. The normalized spacial score (nSPS) is 13.6. The van der Waals surface area contributed by atoms with E-state index in [-0.39, 0.29) is 12.1 Å². The van der Waals surface area contributed by atoms with Gasteiger partial charge in [0.15, 0.2) is 0 Å². The number of rotatable bonds is 4. The third-order valence-electron chi connectivity index (χ3n) is 1.35. The first-order valence-corrected chi connectivity index (χ1v) is 7.89. The van der Waals surface area contributed by atoms with Gasteiger partial charge in [0.2, 0.25) is 0 Å². The lowest BCUT2D eigenvalue weighted by Gasteiger charge is -2.15. The van der Waals surface area contributed by atoms with Gasteiger partial charge in [-0.15, -0.1) is 0 Å². The minimum absolute atomic E-state index is 0.120. The van der Waals surface area contributed by atoms with Crippen molar-refractivity contribution in [3.63, 3.8) is 0 Å². The molecule has 0 amide bonds. The van der Waals surface area contributed by atoms with E-state index in [0.29, 0.717) is 5.57 Å². The molecule has 0 aliphatic carbocycles. The van der Waals surface area contributed by atoms with E-state index in [4.69, 9.17) is 16.0 Å². The summed E-state index contributed by atoms with van der Waals surface area (Å²) in [6, 6.07) is 0. The van der Waals surface area contributed by atoms with Crippen LogP contribution in [0.25, 0.3) is 0 Å². The number of carbonyl (C=O) groups excluding carboxylic acids is 1. The smallest absolute Gasteiger partial charge is 0.333 e. The van der Waals surface area contributed by atoms with Crippen molar-refractivity contribution in [2.24, 2.45) is 0 Å². The molecule has 0 aromatic heterocycles. The van der Waals surface area contributed by atoms with E-state index in [2.05, 4.69) is 6.58 Å². The van der Waals surface area contributed by atoms with Gasteiger partial charge < -0.3 is 4.74 Å². The van der Waals surface area contributed by atoms with Crippen LogP contribution in [-0.2, 0) is 9.53 Å². The summed E-state index contributed by atoms with van der Waals surface area (Å²) in [5.41, 5.74) is 0.428. The van der Waals surface area contributed by atoms with Crippen molar-refractivity contribution in [2.75, 3.05) is 19.5 Å². The summed E-state index contributed by atoms with van der Waals surface area (Å²) >= 11 is 6.09. The maximum absolute atomic E-state index is 11.1. The number of halogens is 1. The number of ether oxygens (including phenoxy) is 1. The van der Waals surface area contributed by atoms with Gasteiger partial charge in [0, 0.05) is 5.57 Å². The zero-order chi connectivity index (χ0) is 10.6. The monoisotopic (exact) mass is 223 g/mol. The highest BCUT2D eigenvalue weighted by Crippen LogP contribution is 2.57. The Morgan fingerprint density at radius 2 is 2.08 bits per heavy atom. The van der Waals surface area contributed by atoms with Crippen molar-refractivity contribution in [2.45, 2.75) is 20.0 Å². The fourth-order valence-corrected chi connectivity index (χ4v) is 2.81. The van der Waals surface area contributed by atoms with Crippen LogP contribution in [0.1, 0.15) is 13.8 Å². The van der Waals surface area contributed by atoms with Gasteiger partial charge in [0.1, 0.15) is 18.9 Å².